The number of pyridine rings is 1. The molecule has 0 aliphatic heterocycles. The van der Waals surface area contributed by atoms with Crippen LogP contribution in [0.3, 0.4) is 0 Å². The van der Waals surface area contributed by atoms with Crippen molar-refractivity contribution < 1.29 is 14.3 Å². The minimum absolute atomic E-state index is 0.103. The topological polar surface area (TPSA) is 64.6 Å². The summed E-state index contributed by atoms with van der Waals surface area (Å²) in [6, 6.07) is 16.9. The van der Waals surface area contributed by atoms with Crippen molar-refractivity contribution in [1.82, 2.24) is 9.97 Å². The number of benzene rings is 2. The van der Waals surface area contributed by atoms with Crippen molar-refractivity contribution in [3.63, 3.8) is 0 Å². The van der Waals surface area contributed by atoms with Crippen molar-refractivity contribution in [1.29, 1.82) is 0 Å². The second-order valence-electron chi connectivity index (χ2n) is 6.64. The number of rotatable bonds is 8. The van der Waals surface area contributed by atoms with Crippen LogP contribution in [0.25, 0.3) is 10.2 Å². The maximum absolute atomic E-state index is 13.1. The largest absolute Gasteiger partial charge is 0.494 e. The Bertz CT molecular complexity index is 1170. The molecule has 2 aromatic carbocycles. The van der Waals surface area contributed by atoms with E-state index in [0.29, 0.717) is 24.0 Å². The summed E-state index contributed by atoms with van der Waals surface area (Å²) in [4.78, 5) is 23.6. The highest BCUT2D eigenvalue weighted by molar-refractivity contribution is 9.10. The van der Waals surface area contributed by atoms with Crippen LogP contribution in [0.1, 0.15) is 12.5 Å². The van der Waals surface area contributed by atoms with Crippen LogP contribution in [0.15, 0.2) is 71.5 Å². The molecule has 31 heavy (non-hydrogen) atoms. The lowest BCUT2D eigenvalue weighted by Gasteiger charge is -2.20. The summed E-state index contributed by atoms with van der Waals surface area (Å²) in [6.45, 7) is 2.79. The first-order valence-electron chi connectivity index (χ1n) is 9.73. The van der Waals surface area contributed by atoms with E-state index in [0.717, 1.165) is 26.0 Å². The maximum Gasteiger partial charge on any atom is 0.267 e. The molecule has 0 bridgehead atoms. The van der Waals surface area contributed by atoms with Gasteiger partial charge >= 0.3 is 0 Å². The van der Waals surface area contributed by atoms with Gasteiger partial charge in [-0.3, -0.25) is 14.7 Å². The number of carbonyl (C=O) groups excluding carboxylic acids is 1. The van der Waals surface area contributed by atoms with Gasteiger partial charge in [-0.2, -0.15) is 0 Å². The summed E-state index contributed by atoms with van der Waals surface area (Å²) in [7, 11) is 0. The van der Waals surface area contributed by atoms with Crippen molar-refractivity contribution in [2.45, 2.75) is 13.5 Å². The summed E-state index contributed by atoms with van der Waals surface area (Å²) in [5, 5.41) is 0.622. The number of hydrogen-bond donors (Lipinski definition) is 0. The van der Waals surface area contributed by atoms with Gasteiger partial charge in [-0.25, -0.2) is 4.98 Å². The molecule has 0 radical (unpaired) electrons. The molecular formula is C23H20BrN3O3S. The Labute approximate surface area is 192 Å². The lowest BCUT2D eigenvalue weighted by atomic mass is 10.2. The van der Waals surface area contributed by atoms with Gasteiger partial charge in [0.05, 0.1) is 23.4 Å². The molecule has 158 valence electrons. The molecular weight excluding hydrogens is 478 g/mol. The zero-order valence-electron chi connectivity index (χ0n) is 16.8. The zero-order chi connectivity index (χ0) is 21.6. The van der Waals surface area contributed by atoms with Gasteiger partial charge in [-0.1, -0.05) is 33.3 Å². The van der Waals surface area contributed by atoms with Crippen LogP contribution in [0.2, 0.25) is 0 Å². The van der Waals surface area contributed by atoms with Crippen LogP contribution in [0, 0.1) is 0 Å². The summed E-state index contributed by atoms with van der Waals surface area (Å²) >= 11 is 4.96. The van der Waals surface area contributed by atoms with Gasteiger partial charge in [0, 0.05) is 16.9 Å². The van der Waals surface area contributed by atoms with Gasteiger partial charge in [-0.05, 0) is 61.0 Å². The Morgan fingerprint density at radius 1 is 1.10 bits per heavy atom. The molecule has 0 saturated carbocycles. The molecule has 0 atom stereocenters. The van der Waals surface area contributed by atoms with Gasteiger partial charge < -0.3 is 9.47 Å². The number of fused-ring (bicyclic) bond motifs is 1. The average Bonchev–Trinajstić information content (AvgIpc) is 3.20. The van der Waals surface area contributed by atoms with Crippen LogP contribution in [0.5, 0.6) is 11.5 Å². The first-order valence-corrected chi connectivity index (χ1v) is 11.3. The van der Waals surface area contributed by atoms with E-state index >= 15 is 0 Å². The van der Waals surface area contributed by atoms with Crippen molar-refractivity contribution in [2.75, 3.05) is 18.1 Å². The number of thiazole rings is 1. The van der Waals surface area contributed by atoms with Crippen molar-refractivity contribution in [3.05, 3.63) is 77.0 Å². The lowest BCUT2D eigenvalue weighted by Crippen LogP contribution is -2.34. The average molecular weight is 498 g/mol. The highest BCUT2D eigenvalue weighted by atomic mass is 79.9. The standard InChI is InChI=1S/C23H20BrN3O3S/c1-2-29-18-6-8-19(9-7-18)30-15-22(28)27(14-16-4-3-11-25-13-16)23-26-20-10-5-17(24)12-21(20)31-23/h3-13H,2,14-15H2,1H3. The summed E-state index contributed by atoms with van der Waals surface area (Å²) in [5.74, 6) is 1.18. The number of amides is 1. The maximum atomic E-state index is 13.1. The SMILES string of the molecule is CCOc1ccc(OCC(=O)N(Cc2cccnc2)c2nc3ccc(Br)cc3s2)cc1. The fourth-order valence-corrected chi connectivity index (χ4v) is 4.49. The third-order valence-electron chi connectivity index (χ3n) is 4.43. The van der Waals surface area contributed by atoms with Gasteiger partial charge in [0.2, 0.25) is 0 Å². The second kappa shape index (κ2) is 9.89. The summed E-state index contributed by atoms with van der Waals surface area (Å²) < 4.78 is 13.2. The third kappa shape index (κ3) is 5.39. The summed E-state index contributed by atoms with van der Waals surface area (Å²) in [6.07, 6.45) is 3.46. The number of nitrogens with zero attached hydrogens (tertiary/aromatic N) is 3. The smallest absolute Gasteiger partial charge is 0.267 e. The third-order valence-corrected chi connectivity index (χ3v) is 5.97. The van der Waals surface area contributed by atoms with Crippen LogP contribution >= 0.6 is 27.3 Å². The predicted octanol–water partition coefficient (Wildman–Crippen LogP) is 5.46. The summed E-state index contributed by atoms with van der Waals surface area (Å²) in [5.41, 5.74) is 1.76. The minimum Gasteiger partial charge on any atom is -0.494 e. The zero-order valence-corrected chi connectivity index (χ0v) is 19.2. The number of halogens is 1. The highest BCUT2D eigenvalue weighted by Crippen LogP contribution is 2.32. The van der Waals surface area contributed by atoms with E-state index in [4.69, 9.17) is 9.47 Å². The Morgan fingerprint density at radius 2 is 1.87 bits per heavy atom. The van der Waals surface area contributed by atoms with E-state index in [2.05, 4.69) is 25.9 Å². The van der Waals surface area contributed by atoms with Crippen LogP contribution in [-0.4, -0.2) is 29.1 Å². The molecule has 0 spiro atoms. The van der Waals surface area contributed by atoms with Gasteiger partial charge in [0.1, 0.15) is 11.5 Å². The van der Waals surface area contributed by atoms with E-state index in [1.807, 2.05) is 49.4 Å². The van der Waals surface area contributed by atoms with Crippen molar-refractivity contribution >= 4 is 48.5 Å². The van der Waals surface area contributed by atoms with E-state index in [-0.39, 0.29) is 12.5 Å². The molecule has 4 rings (SSSR count). The van der Waals surface area contributed by atoms with Crippen LogP contribution in [-0.2, 0) is 11.3 Å². The van der Waals surface area contributed by atoms with Gasteiger partial charge in [0.15, 0.2) is 11.7 Å². The molecule has 4 aromatic rings. The first kappa shape index (κ1) is 21.3. The molecule has 0 saturated heterocycles. The second-order valence-corrected chi connectivity index (χ2v) is 8.57. The normalized spacial score (nSPS) is 10.8. The van der Waals surface area contributed by atoms with Crippen molar-refractivity contribution in [3.8, 4) is 11.5 Å². The van der Waals surface area contributed by atoms with Crippen LogP contribution < -0.4 is 14.4 Å². The van der Waals surface area contributed by atoms with E-state index in [1.54, 1.807) is 29.4 Å². The molecule has 0 aliphatic carbocycles. The molecule has 2 heterocycles. The number of anilines is 1. The highest BCUT2D eigenvalue weighted by Gasteiger charge is 2.21. The number of carbonyl (C=O) groups is 1. The molecule has 8 heteroatoms. The van der Waals surface area contributed by atoms with Crippen molar-refractivity contribution in [2.24, 2.45) is 0 Å². The van der Waals surface area contributed by atoms with E-state index in [1.165, 1.54) is 11.3 Å². The number of hydrogen-bond acceptors (Lipinski definition) is 6. The van der Waals surface area contributed by atoms with Gasteiger partial charge in [0.25, 0.3) is 5.91 Å². The molecule has 0 N–H and O–H groups in total. The lowest BCUT2D eigenvalue weighted by molar-refractivity contribution is -0.120. The quantitative estimate of drug-likeness (QED) is 0.323. The first-order chi connectivity index (χ1) is 15.1. The number of aromatic nitrogens is 2. The van der Waals surface area contributed by atoms with Gasteiger partial charge in [-0.15, -0.1) is 0 Å². The monoisotopic (exact) mass is 497 g/mol. The molecule has 1 amide bonds. The fourth-order valence-electron chi connectivity index (χ4n) is 2.96. The Balaban J connectivity index is 1.54. The molecule has 6 nitrogen and oxygen atoms in total. The molecule has 0 aliphatic rings. The number of ether oxygens (including phenoxy) is 2. The fraction of sp³-hybridized carbons (Fsp3) is 0.174. The molecule has 2 aromatic heterocycles. The molecule has 0 unspecified atom stereocenters. The Morgan fingerprint density at radius 3 is 2.58 bits per heavy atom. The van der Waals surface area contributed by atoms with E-state index < -0.39 is 0 Å². The minimum atomic E-state index is -0.184. The van der Waals surface area contributed by atoms with E-state index in [9.17, 15) is 4.79 Å². The van der Waals surface area contributed by atoms with Crippen LogP contribution in [0.4, 0.5) is 5.13 Å². The molecule has 0 fully saturated rings. The Hall–Kier alpha value is -2.97. The predicted molar refractivity (Wildman–Crippen MR) is 126 cm³/mol. The Kier molecular flexibility index (Phi) is 6.79.